The fraction of sp³-hybridized carbons (Fsp3) is 0.0870. The molecule has 7 heteroatoms. The minimum absolute atomic E-state index is 0.286. The highest BCUT2D eigenvalue weighted by Gasteiger charge is 2.15. The number of carbonyl (C=O) groups is 2. The van der Waals surface area contributed by atoms with E-state index in [1.807, 2.05) is 24.3 Å². The third kappa shape index (κ3) is 4.00. The first-order chi connectivity index (χ1) is 14.5. The zero-order valence-electron chi connectivity index (χ0n) is 16.2. The number of oxazole rings is 1. The van der Waals surface area contributed by atoms with Crippen molar-refractivity contribution in [2.75, 3.05) is 10.6 Å². The summed E-state index contributed by atoms with van der Waals surface area (Å²) in [7, 11) is 0. The third-order valence-electron chi connectivity index (χ3n) is 4.72. The molecule has 0 saturated carbocycles. The first kappa shape index (κ1) is 19.2. The van der Waals surface area contributed by atoms with Crippen molar-refractivity contribution >= 4 is 34.3 Å². The molecule has 0 atom stereocenters. The van der Waals surface area contributed by atoms with Gasteiger partial charge < -0.3 is 15.1 Å². The highest BCUT2D eigenvalue weighted by atomic mass is 16.4. The van der Waals surface area contributed by atoms with E-state index in [9.17, 15) is 14.4 Å². The molecule has 4 aromatic rings. The van der Waals surface area contributed by atoms with Crippen LogP contribution >= 0.6 is 0 Å². The molecule has 7 nitrogen and oxygen atoms in total. The Balaban J connectivity index is 1.54. The molecule has 0 fully saturated rings. The molecule has 3 N–H and O–H groups in total. The lowest BCUT2D eigenvalue weighted by Crippen LogP contribution is -2.18. The molecule has 30 heavy (non-hydrogen) atoms. The van der Waals surface area contributed by atoms with Crippen molar-refractivity contribution in [2.45, 2.75) is 13.3 Å². The second-order valence-corrected chi connectivity index (χ2v) is 6.73. The molecule has 0 bridgehead atoms. The van der Waals surface area contributed by atoms with Crippen LogP contribution in [0.1, 0.15) is 33.2 Å². The van der Waals surface area contributed by atoms with Crippen LogP contribution in [-0.4, -0.2) is 16.8 Å². The van der Waals surface area contributed by atoms with Crippen LogP contribution in [0.25, 0.3) is 11.1 Å². The van der Waals surface area contributed by atoms with Crippen molar-refractivity contribution in [3.63, 3.8) is 0 Å². The lowest BCUT2D eigenvalue weighted by Gasteiger charge is -2.12. The topological polar surface area (TPSA) is 104 Å². The van der Waals surface area contributed by atoms with Gasteiger partial charge in [0.1, 0.15) is 0 Å². The lowest BCUT2D eigenvalue weighted by atomic mass is 10.1. The van der Waals surface area contributed by atoms with Gasteiger partial charge in [-0.1, -0.05) is 31.2 Å². The molecule has 0 aliphatic carbocycles. The minimum atomic E-state index is -0.587. The SMILES string of the molecule is CCc1ccc(NC(=O)c2ccccc2NC(=O)c2ccc3[nH]c(=O)oc3c2)cc1. The van der Waals surface area contributed by atoms with Gasteiger partial charge in [0.25, 0.3) is 11.8 Å². The number of rotatable bonds is 5. The van der Waals surface area contributed by atoms with Crippen molar-refractivity contribution in [1.82, 2.24) is 4.98 Å². The normalized spacial score (nSPS) is 10.7. The molecule has 2 amide bonds. The maximum absolute atomic E-state index is 12.8. The Morgan fingerprint density at radius 2 is 1.70 bits per heavy atom. The number of hydrogen-bond acceptors (Lipinski definition) is 4. The number of anilines is 2. The highest BCUT2D eigenvalue weighted by Crippen LogP contribution is 2.20. The zero-order chi connectivity index (χ0) is 21.1. The van der Waals surface area contributed by atoms with Gasteiger partial charge in [-0.15, -0.1) is 0 Å². The Labute approximate surface area is 171 Å². The number of amides is 2. The number of benzene rings is 3. The smallest absolute Gasteiger partial charge is 0.408 e. The quantitative estimate of drug-likeness (QED) is 0.466. The number of para-hydroxylation sites is 1. The Morgan fingerprint density at radius 1 is 0.933 bits per heavy atom. The summed E-state index contributed by atoms with van der Waals surface area (Å²) in [6.07, 6.45) is 0.918. The Hall–Kier alpha value is -4.13. The maximum Gasteiger partial charge on any atom is 0.417 e. The molecule has 4 rings (SSSR count). The van der Waals surface area contributed by atoms with Crippen LogP contribution in [0.4, 0.5) is 11.4 Å². The Morgan fingerprint density at radius 3 is 2.47 bits per heavy atom. The number of aryl methyl sites for hydroxylation is 1. The molecule has 0 aliphatic rings. The molecule has 0 unspecified atom stereocenters. The van der Waals surface area contributed by atoms with Crippen molar-refractivity contribution < 1.29 is 14.0 Å². The van der Waals surface area contributed by atoms with Crippen LogP contribution in [0.15, 0.2) is 75.9 Å². The summed E-state index contributed by atoms with van der Waals surface area (Å²) in [4.78, 5) is 39.3. The van der Waals surface area contributed by atoms with Gasteiger partial charge in [0, 0.05) is 11.3 Å². The van der Waals surface area contributed by atoms with Crippen molar-refractivity contribution in [1.29, 1.82) is 0 Å². The summed E-state index contributed by atoms with van der Waals surface area (Å²) in [6.45, 7) is 2.06. The number of aromatic amines is 1. The highest BCUT2D eigenvalue weighted by molar-refractivity contribution is 6.12. The number of aromatic nitrogens is 1. The average molecular weight is 401 g/mol. The number of nitrogens with one attached hydrogen (secondary N) is 3. The molecular formula is C23H19N3O4. The Bertz CT molecular complexity index is 1290. The monoisotopic (exact) mass is 401 g/mol. The van der Waals surface area contributed by atoms with Gasteiger partial charge in [0.05, 0.1) is 16.8 Å². The Kier molecular flexibility index (Phi) is 5.17. The molecule has 0 saturated heterocycles. The third-order valence-corrected chi connectivity index (χ3v) is 4.72. The number of hydrogen-bond donors (Lipinski definition) is 3. The van der Waals surface area contributed by atoms with Gasteiger partial charge in [-0.3, -0.25) is 14.6 Å². The number of fused-ring (bicyclic) bond motifs is 1. The van der Waals surface area contributed by atoms with E-state index in [0.717, 1.165) is 6.42 Å². The largest absolute Gasteiger partial charge is 0.417 e. The predicted octanol–water partition coefficient (Wildman–Crippen LogP) is 4.19. The standard InChI is InChI=1S/C23H19N3O4/c1-2-14-7-10-16(11-8-14)24-22(28)17-5-3-4-6-18(17)25-21(27)15-9-12-19-20(13-15)30-23(29)26-19/h3-13H,2H2,1H3,(H,24,28)(H,25,27)(H,26,29). The maximum atomic E-state index is 12.8. The van der Waals surface area contributed by atoms with Crippen LogP contribution in [-0.2, 0) is 6.42 Å². The van der Waals surface area contributed by atoms with E-state index in [4.69, 9.17) is 4.42 Å². The summed E-state index contributed by atoms with van der Waals surface area (Å²) in [6, 6.07) is 19.0. The number of carbonyl (C=O) groups excluding carboxylic acids is 2. The van der Waals surface area contributed by atoms with Gasteiger partial charge >= 0.3 is 5.76 Å². The zero-order valence-corrected chi connectivity index (χ0v) is 16.2. The van der Waals surface area contributed by atoms with Crippen molar-refractivity contribution in [3.8, 4) is 0 Å². The summed E-state index contributed by atoms with van der Waals surface area (Å²) >= 11 is 0. The van der Waals surface area contributed by atoms with E-state index in [1.54, 1.807) is 36.4 Å². The molecule has 0 radical (unpaired) electrons. The molecule has 1 aromatic heterocycles. The van der Waals surface area contributed by atoms with E-state index in [0.29, 0.717) is 28.0 Å². The molecule has 0 aliphatic heterocycles. The van der Waals surface area contributed by atoms with Crippen LogP contribution in [0, 0.1) is 0 Å². The molecule has 150 valence electrons. The minimum Gasteiger partial charge on any atom is -0.408 e. The van der Waals surface area contributed by atoms with Gasteiger partial charge in [-0.05, 0) is 54.4 Å². The summed E-state index contributed by atoms with van der Waals surface area (Å²) in [5, 5.41) is 5.60. The first-order valence-electron chi connectivity index (χ1n) is 9.47. The van der Waals surface area contributed by atoms with Crippen LogP contribution in [0.2, 0.25) is 0 Å². The van der Waals surface area contributed by atoms with E-state index >= 15 is 0 Å². The van der Waals surface area contributed by atoms with Gasteiger partial charge in [-0.2, -0.15) is 0 Å². The second-order valence-electron chi connectivity index (χ2n) is 6.73. The van der Waals surface area contributed by atoms with E-state index in [-0.39, 0.29) is 11.5 Å². The van der Waals surface area contributed by atoms with Crippen molar-refractivity contribution in [2.24, 2.45) is 0 Å². The summed E-state index contributed by atoms with van der Waals surface area (Å²) < 4.78 is 5.00. The van der Waals surface area contributed by atoms with Crippen LogP contribution in [0.5, 0.6) is 0 Å². The van der Waals surface area contributed by atoms with E-state index in [2.05, 4.69) is 22.5 Å². The fourth-order valence-corrected chi connectivity index (χ4v) is 3.09. The summed E-state index contributed by atoms with van der Waals surface area (Å²) in [5.74, 6) is -1.34. The fourth-order valence-electron chi connectivity index (χ4n) is 3.09. The van der Waals surface area contributed by atoms with E-state index in [1.165, 1.54) is 11.6 Å². The van der Waals surface area contributed by atoms with E-state index < -0.39 is 11.7 Å². The second kappa shape index (κ2) is 8.08. The van der Waals surface area contributed by atoms with Gasteiger partial charge in [0.2, 0.25) is 0 Å². The van der Waals surface area contributed by atoms with Crippen LogP contribution < -0.4 is 16.4 Å². The molecule has 0 spiro atoms. The molecule has 3 aromatic carbocycles. The lowest BCUT2D eigenvalue weighted by molar-refractivity contribution is 0.102. The molecular weight excluding hydrogens is 382 g/mol. The van der Waals surface area contributed by atoms with Crippen molar-refractivity contribution in [3.05, 3.63) is 94.0 Å². The molecule has 1 heterocycles. The first-order valence-corrected chi connectivity index (χ1v) is 9.47. The predicted molar refractivity (Wildman–Crippen MR) is 115 cm³/mol. The van der Waals surface area contributed by atoms with Crippen LogP contribution in [0.3, 0.4) is 0 Å². The average Bonchev–Trinajstić information content (AvgIpc) is 3.13. The number of H-pyrrole nitrogens is 1. The van der Waals surface area contributed by atoms with Gasteiger partial charge in [0.15, 0.2) is 5.58 Å². The van der Waals surface area contributed by atoms with Gasteiger partial charge in [-0.25, -0.2) is 4.79 Å². The summed E-state index contributed by atoms with van der Waals surface area (Å²) in [5.41, 5.74) is 3.65.